The number of H-pyrrole nitrogens is 2. The first-order chi connectivity index (χ1) is 15.3. The summed E-state index contributed by atoms with van der Waals surface area (Å²) in [5, 5.41) is 0.612. The Morgan fingerprint density at radius 1 is 1.16 bits per heavy atom. The van der Waals surface area contributed by atoms with Gasteiger partial charge in [0, 0.05) is 41.7 Å². The Kier molecular flexibility index (Phi) is 4.59. The lowest BCUT2D eigenvalue weighted by Gasteiger charge is -2.05. The van der Waals surface area contributed by atoms with E-state index in [1.165, 1.54) is 29.2 Å². The van der Waals surface area contributed by atoms with E-state index in [1.54, 1.807) is 6.07 Å². The Labute approximate surface area is 181 Å². The lowest BCUT2D eigenvalue weighted by atomic mass is 10.0. The summed E-state index contributed by atoms with van der Waals surface area (Å²) in [6, 6.07) is 3.97. The second kappa shape index (κ2) is 7.34. The van der Waals surface area contributed by atoms with Gasteiger partial charge in [-0.15, -0.1) is 0 Å². The minimum absolute atomic E-state index is 0.0658. The number of benzene rings is 1. The fourth-order valence-corrected chi connectivity index (χ4v) is 3.69. The fraction of sp³-hybridized carbons (Fsp3) is 0.0476. The number of halogens is 4. The third kappa shape index (κ3) is 3.25. The summed E-state index contributed by atoms with van der Waals surface area (Å²) in [6.45, 7) is 0.0757. The number of ketones is 1. The number of rotatable bonds is 4. The summed E-state index contributed by atoms with van der Waals surface area (Å²) in [4.78, 5) is 39.7. The molecular weight excluding hydrogens is 447 g/mol. The molecule has 1 aromatic carbocycles. The summed E-state index contributed by atoms with van der Waals surface area (Å²) in [7, 11) is 0. The van der Waals surface area contributed by atoms with Gasteiger partial charge in [0.15, 0.2) is 5.65 Å². The zero-order valence-corrected chi connectivity index (χ0v) is 16.7. The number of fused-ring (bicyclic) bond motifs is 2. The van der Waals surface area contributed by atoms with Crippen LogP contribution >= 0.6 is 11.6 Å². The standard InChI is InChI=1S/C21H11ClF3N5O2/c22-9-3-15-20(27-6-9)29-16(28-15)8-30-2-1-11-12(7-26-18(11)21(30)32)19(31)17-13(24)4-10(23)5-14(17)25/h1-7,26H,8H2,(H,27,28,29). The highest BCUT2D eigenvalue weighted by Gasteiger charge is 2.24. The van der Waals surface area contributed by atoms with Crippen molar-refractivity contribution in [3.63, 3.8) is 0 Å². The Morgan fingerprint density at radius 3 is 2.66 bits per heavy atom. The van der Waals surface area contributed by atoms with E-state index in [0.717, 1.165) is 0 Å². The smallest absolute Gasteiger partial charge is 0.275 e. The molecule has 0 unspecified atom stereocenters. The Hall–Kier alpha value is -3.92. The molecule has 5 aromatic rings. The van der Waals surface area contributed by atoms with Crippen molar-refractivity contribution < 1.29 is 18.0 Å². The number of hydrogen-bond acceptors (Lipinski definition) is 4. The Balaban J connectivity index is 1.53. The van der Waals surface area contributed by atoms with Crippen molar-refractivity contribution in [2.75, 3.05) is 0 Å². The van der Waals surface area contributed by atoms with Gasteiger partial charge in [0.1, 0.15) is 28.8 Å². The van der Waals surface area contributed by atoms with Crippen LogP contribution in [0.3, 0.4) is 0 Å². The molecule has 0 fully saturated rings. The normalized spacial score (nSPS) is 11.5. The third-order valence-electron chi connectivity index (χ3n) is 4.97. The number of nitrogens with one attached hydrogen (secondary N) is 2. The molecule has 0 radical (unpaired) electrons. The van der Waals surface area contributed by atoms with Gasteiger partial charge in [-0.1, -0.05) is 11.6 Å². The predicted molar refractivity (Wildman–Crippen MR) is 110 cm³/mol. The van der Waals surface area contributed by atoms with Crippen LogP contribution in [0.2, 0.25) is 5.02 Å². The maximum atomic E-state index is 14.1. The molecule has 2 N–H and O–H groups in total. The average Bonchev–Trinajstić information content (AvgIpc) is 3.33. The number of pyridine rings is 2. The molecule has 0 saturated heterocycles. The van der Waals surface area contributed by atoms with Crippen molar-refractivity contribution in [2.24, 2.45) is 0 Å². The van der Waals surface area contributed by atoms with Crippen LogP contribution in [-0.4, -0.2) is 30.3 Å². The van der Waals surface area contributed by atoms with E-state index in [0.29, 0.717) is 34.1 Å². The van der Waals surface area contributed by atoms with E-state index in [-0.39, 0.29) is 23.0 Å². The zero-order chi connectivity index (χ0) is 22.6. The molecule has 0 bridgehead atoms. The van der Waals surface area contributed by atoms with Crippen LogP contribution in [0.4, 0.5) is 13.2 Å². The molecule has 0 atom stereocenters. The number of aromatic amines is 2. The molecule has 7 nitrogen and oxygen atoms in total. The molecule has 32 heavy (non-hydrogen) atoms. The van der Waals surface area contributed by atoms with E-state index in [4.69, 9.17) is 11.6 Å². The monoisotopic (exact) mass is 457 g/mol. The summed E-state index contributed by atoms with van der Waals surface area (Å²) in [6.07, 6.45) is 4.07. The molecule has 0 aliphatic rings. The highest BCUT2D eigenvalue weighted by molar-refractivity contribution is 6.31. The molecular formula is C21H11ClF3N5O2. The number of aromatic nitrogens is 5. The van der Waals surface area contributed by atoms with Gasteiger partial charge in [0.05, 0.1) is 22.6 Å². The highest BCUT2D eigenvalue weighted by atomic mass is 35.5. The van der Waals surface area contributed by atoms with E-state index in [2.05, 4.69) is 19.9 Å². The minimum atomic E-state index is -1.33. The molecule has 5 rings (SSSR count). The van der Waals surface area contributed by atoms with Gasteiger partial charge in [0.25, 0.3) is 5.56 Å². The second-order valence-corrected chi connectivity index (χ2v) is 7.46. The van der Waals surface area contributed by atoms with E-state index in [1.807, 2.05) is 0 Å². The van der Waals surface area contributed by atoms with Crippen LogP contribution in [0.1, 0.15) is 21.7 Å². The number of carbonyl (C=O) groups is 1. The van der Waals surface area contributed by atoms with Crippen LogP contribution in [0, 0.1) is 17.5 Å². The number of nitrogens with zero attached hydrogens (tertiary/aromatic N) is 3. The highest BCUT2D eigenvalue weighted by Crippen LogP contribution is 2.23. The van der Waals surface area contributed by atoms with Gasteiger partial charge in [-0.05, 0) is 12.1 Å². The van der Waals surface area contributed by atoms with Crippen molar-refractivity contribution >= 4 is 39.5 Å². The largest absolute Gasteiger partial charge is 0.356 e. The van der Waals surface area contributed by atoms with Crippen LogP contribution in [-0.2, 0) is 6.54 Å². The van der Waals surface area contributed by atoms with Gasteiger partial charge >= 0.3 is 0 Å². The Morgan fingerprint density at radius 2 is 1.91 bits per heavy atom. The maximum Gasteiger partial charge on any atom is 0.275 e. The predicted octanol–water partition coefficient (Wildman–Crippen LogP) is 3.95. The molecule has 4 heterocycles. The molecule has 11 heteroatoms. The van der Waals surface area contributed by atoms with Gasteiger partial charge in [-0.25, -0.2) is 23.1 Å². The summed E-state index contributed by atoms with van der Waals surface area (Å²) in [5.41, 5.74) is -0.377. The molecule has 0 aliphatic carbocycles. The quantitative estimate of drug-likeness (QED) is 0.399. The molecule has 0 saturated carbocycles. The maximum absolute atomic E-state index is 14.1. The first-order valence-corrected chi connectivity index (χ1v) is 9.59. The number of imidazole rings is 1. The molecule has 0 spiro atoms. The zero-order valence-electron chi connectivity index (χ0n) is 15.9. The molecule has 4 aromatic heterocycles. The lowest BCUT2D eigenvalue weighted by Crippen LogP contribution is -2.20. The van der Waals surface area contributed by atoms with E-state index >= 15 is 0 Å². The fourth-order valence-electron chi connectivity index (χ4n) is 3.53. The van der Waals surface area contributed by atoms with Crippen molar-refractivity contribution in [1.29, 1.82) is 0 Å². The number of hydrogen-bond donors (Lipinski definition) is 2. The van der Waals surface area contributed by atoms with Crippen molar-refractivity contribution in [3.8, 4) is 0 Å². The van der Waals surface area contributed by atoms with Crippen molar-refractivity contribution in [3.05, 3.63) is 92.6 Å². The Bertz CT molecular complexity index is 1580. The van der Waals surface area contributed by atoms with Crippen LogP contribution < -0.4 is 5.56 Å². The SMILES string of the molecule is O=C(c1c(F)cc(F)cc1F)c1c[nH]c2c(=O)n(Cc3nc4ncc(Cl)cc4[nH]3)ccc12. The van der Waals surface area contributed by atoms with E-state index < -0.39 is 34.4 Å². The summed E-state index contributed by atoms with van der Waals surface area (Å²) >= 11 is 5.92. The summed E-state index contributed by atoms with van der Waals surface area (Å²) in [5.74, 6) is -4.35. The van der Waals surface area contributed by atoms with Gasteiger partial charge in [-0.2, -0.15) is 0 Å². The van der Waals surface area contributed by atoms with Gasteiger partial charge in [0.2, 0.25) is 5.78 Å². The topological polar surface area (TPSA) is 96.4 Å². The van der Waals surface area contributed by atoms with Gasteiger partial charge in [-0.3, -0.25) is 9.59 Å². The molecule has 0 amide bonds. The molecule has 160 valence electrons. The van der Waals surface area contributed by atoms with Crippen molar-refractivity contribution in [1.82, 2.24) is 24.5 Å². The second-order valence-electron chi connectivity index (χ2n) is 7.02. The van der Waals surface area contributed by atoms with Crippen LogP contribution in [0.5, 0.6) is 0 Å². The number of carbonyl (C=O) groups excluding carboxylic acids is 1. The first-order valence-electron chi connectivity index (χ1n) is 9.21. The minimum Gasteiger partial charge on any atom is -0.356 e. The third-order valence-corrected chi connectivity index (χ3v) is 5.17. The first kappa shape index (κ1) is 20.0. The van der Waals surface area contributed by atoms with Crippen LogP contribution in [0.15, 0.2) is 47.7 Å². The summed E-state index contributed by atoms with van der Waals surface area (Å²) < 4.78 is 42.6. The lowest BCUT2D eigenvalue weighted by molar-refractivity contribution is 0.103. The molecule has 0 aliphatic heterocycles. The van der Waals surface area contributed by atoms with Crippen molar-refractivity contribution in [2.45, 2.75) is 6.54 Å². The van der Waals surface area contributed by atoms with Crippen LogP contribution in [0.25, 0.3) is 22.1 Å². The van der Waals surface area contributed by atoms with Gasteiger partial charge < -0.3 is 14.5 Å². The average molecular weight is 458 g/mol. The van der Waals surface area contributed by atoms with E-state index in [9.17, 15) is 22.8 Å².